The molecular formula is C18H21N3O2S. The van der Waals surface area contributed by atoms with Crippen LogP contribution in [0, 0.1) is 51.2 Å². The number of carbonyl (C=O) groups excluding carboxylic acids is 1. The number of esters is 1. The number of thioether (sulfide) groups is 1. The van der Waals surface area contributed by atoms with Crippen LogP contribution in [-0.2, 0) is 9.53 Å². The molecule has 0 aliphatic heterocycles. The third-order valence-electron chi connectivity index (χ3n) is 4.18. The van der Waals surface area contributed by atoms with E-state index in [1.54, 1.807) is 6.26 Å². The normalized spacial score (nSPS) is 20.2. The highest BCUT2D eigenvalue weighted by Gasteiger charge is 2.39. The number of allylic oxidation sites excluding steroid dienone is 2. The molecule has 1 rings (SSSR count). The van der Waals surface area contributed by atoms with Gasteiger partial charge in [-0.05, 0) is 41.6 Å². The summed E-state index contributed by atoms with van der Waals surface area (Å²) in [6, 6.07) is 5.89. The smallest absolute Gasteiger partial charge is 0.327 e. The first-order chi connectivity index (χ1) is 11.3. The standard InChI is InChI=1S/C18H21N3O2S/c1-11-6-18(2,3)7-13(14(10-21)17(22)23-4)15(11)16(24-5)12(8-19)9-20/h11,14H,6-7H2,1-5H3/t11-,14+/m0/s1. The van der Waals surface area contributed by atoms with Crippen LogP contribution in [0.1, 0.15) is 33.6 Å². The largest absolute Gasteiger partial charge is 0.468 e. The molecule has 126 valence electrons. The van der Waals surface area contributed by atoms with E-state index in [0.29, 0.717) is 16.9 Å². The predicted octanol–water partition coefficient (Wildman–Crippen LogP) is 3.72. The van der Waals surface area contributed by atoms with Gasteiger partial charge in [0, 0.05) is 4.91 Å². The summed E-state index contributed by atoms with van der Waals surface area (Å²) in [7, 11) is 1.26. The minimum atomic E-state index is -1.02. The molecule has 0 saturated heterocycles. The first kappa shape index (κ1) is 19.8. The second-order valence-electron chi connectivity index (χ2n) is 6.60. The number of rotatable bonds is 4. The van der Waals surface area contributed by atoms with Crippen molar-refractivity contribution in [1.29, 1.82) is 15.8 Å². The topological polar surface area (TPSA) is 97.7 Å². The Morgan fingerprint density at radius 1 is 1.33 bits per heavy atom. The van der Waals surface area contributed by atoms with E-state index in [4.69, 9.17) is 4.74 Å². The van der Waals surface area contributed by atoms with E-state index in [-0.39, 0.29) is 16.9 Å². The van der Waals surface area contributed by atoms with Crippen LogP contribution in [0.25, 0.3) is 0 Å². The summed E-state index contributed by atoms with van der Waals surface area (Å²) in [5.41, 5.74) is 1.38. The van der Waals surface area contributed by atoms with Crippen molar-refractivity contribution in [3.8, 4) is 18.2 Å². The zero-order valence-electron chi connectivity index (χ0n) is 14.6. The molecule has 0 aromatic rings. The Morgan fingerprint density at radius 3 is 2.33 bits per heavy atom. The van der Waals surface area contributed by atoms with Gasteiger partial charge in [-0.15, -0.1) is 11.8 Å². The Kier molecular flexibility index (Phi) is 6.64. The molecular weight excluding hydrogens is 322 g/mol. The molecule has 0 aromatic carbocycles. The van der Waals surface area contributed by atoms with Crippen LogP contribution < -0.4 is 0 Å². The highest BCUT2D eigenvalue weighted by molar-refractivity contribution is 8.02. The van der Waals surface area contributed by atoms with Gasteiger partial charge in [0.1, 0.15) is 17.7 Å². The van der Waals surface area contributed by atoms with Crippen LogP contribution in [0.4, 0.5) is 0 Å². The summed E-state index contributed by atoms with van der Waals surface area (Å²) < 4.78 is 4.79. The summed E-state index contributed by atoms with van der Waals surface area (Å²) in [5, 5.41) is 28.0. The number of nitrogens with zero attached hydrogens (tertiary/aromatic N) is 3. The van der Waals surface area contributed by atoms with Gasteiger partial charge in [-0.1, -0.05) is 20.8 Å². The fraction of sp³-hybridized carbons (Fsp3) is 0.556. The maximum absolute atomic E-state index is 12.1. The Bertz CT molecular complexity index is 698. The number of methoxy groups -OCH3 is 1. The molecule has 0 amide bonds. The lowest BCUT2D eigenvalue weighted by atomic mass is 9.67. The quantitative estimate of drug-likeness (QED) is 0.570. The van der Waals surface area contributed by atoms with Crippen LogP contribution in [0.15, 0.2) is 21.6 Å². The van der Waals surface area contributed by atoms with Gasteiger partial charge in [-0.25, -0.2) is 0 Å². The van der Waals surface area contributed by atoms with E-state index in [1.807, 2.05) is 25.1 Å². The highest BCUT2D eigenvalue weighted by atomic mass is 32.2. The first-order valence-corrected chi connectivity index (χ1v) is 8.78. The molecule has 6 heteroatoms. The van der Waals surface area contributed by atoms with Crippen LogP contribution in [-0.4, -0.2) is 19.3 Å². The van der Waals surface area contributed by atoms with Crippen molar-refractivity contribution >= 4 is 17.7 Å². The van der Waals surface area contributed by atoms with E-state index in [0.717, 1.165) is 12.0 Å². The fourth-order valence-electron chi connectivity index (χ4n) is 3.42. The molecule has 0 unspecified atom stereocenters. The molecule has 0 fully saturated rings. The number of hydrogen-bond donors (Lipinski definition) is 0. The number of ether oxygens (including phenoxy) is 1. The van der Waals surface area contributed by atoms with E-state index in [1.165, 1.54) is 18.9 Å². The Labute approximate surface area is 147 Å². The van der Waals surface area contributed by atoms with Gasteiger partial charge >= 0.3 is 5.97 Å². The van der Waals surface area contributed by atoms with E-state index < -0.39 is 11.9 Å². The van der Waals surface area contributed by atoms with Crippen molar-refractivity contribution in [2.24, 2.45) is 17.3 Å². The molecule has 0 heterocycles. The molecule has 0 radical (unpaired) electrons. The first-order valence-electron chi connectivity index (χ1n) is 7.55. The Hall–Kier alpha value is -2.23. The van der Waals surface area contributed by atoms with Gasteiger partial charge in [0.25, 0.3) is 0 Å². The number of carbonyl (C=O) groups is 1. The minimum absolute atomic E-state index is 0.0168. The van der Waals surface area contributed by atoms with Gasteiger partial charge in [-0.2, -0.15) is 15.8 Å². The fourth-order valence-corrected chi connectivity index (χ4v) is 4.27. The number of hydrogen-bond acceptors (Lipinski definition) is 6. The molecule has 2 atom stereocenters. The zero-order valence-corrected chi connectivity index (χ0v) is 15.5. The molecule has 0 saturated carbocycles. The van der Waals surface area contributed by atoms with Gasteiger partial charge in [0.05, 0.1) is 13.2 Å². The maximum Gasteiger partial charge on any atom is 0.327 e. The summed E-state index contributed by atoms with van der Waals surface area (Å²) in [4.78, 5) is 12.7. The molecule has 1 aliphatic rings. The Morgan fingerprint density at radius 2 is 1.92 bits per heavy atom. The van der Waals surface area contributed by atoms with Gasteiger partial charge < -0.3 is 4.74 Å². The van der Waals surface area contributed by atoms with Crippen molar-refractivity contribution in [1.82, 2.24) is 0 Å². The van der Waals surface area contributed by atoms with Crippen molar-refractivity contribution in [2.45, 2.75) is 33.6 Å². The monoisotopic (exact) mass is 343 g/mol. The minimum Gasteiger partial charge on any atom is -0.468 e. The van der Waals surface area contributed by atoms with Crippen LogP contribution >= 0.6 is 11.8 Å². The molecule has 1 aliphatic carbocycles. The lowest BCUT2D eigenvalue weighted by Crippen LogP contribution is -2.30. The average molecular weight is 343 g/mol. The van der Waals surface area contributed by atoms with Crippen molar-refractivity contribution in [3.63, 3.8) is 0 Å². The molecule has 24 heavy (non-hydrogen) atoms. The van der Waals surface area contributed by atoms with Gasteiger partial charge in [-0.3, -0.25) is 4.79 Å². The summed E-state index contributed by atoms with van der Waals surface area (Å²) in [5.74, 6) is -1.60. The lowest BCUT2D eigenvalue weighted by molar-refractivity contribution is -0.142. The Balaban J connectivity index is 3.76. The van der Waals surface area contributed by atoms with Crippen molar-refractivity contribution in [3.05, 3.63) is 21.6 Å². The third kappa shape index (κ3) is 3.99. The van der Waals surface area contributed by atoms with E-state index in [2.05, 4.69) is 13.8 Å². The van der Waals surface area contributed by atoms with Gasteiger partial charge in [0.15, 0.2) is 5.92 Å². The zero-order chi connectivity index (χ0) is 18.5. The number of nitriles is 3. The SMILES string of the molecule is COC(=O)[C@H](C#N)C1=C(C(SC)=C(C#N)C#N)[C@@H](C)CC(C)(C)C1. The second-order valence-corrected chi connectivity index (χ2v) is 7.42. The summed E-state index contributed by atoms with van der Waals surface area (Å²) in [6.45, 7) is 6.18. The van der Waals surface area contributed by atoms with Crippen LogP contribution in [0.3, 0.4) is 0 Å². The van der Waals surface area contributed by atoms with E-state index >= 15 is 0 Å². The van der Waals surface area contributed by atoms with Crippen molar-refractivity contribution < 1.29 is 9.53 Å². The maximum atomic E-state index is 12.1. The van der Waals surface area contributed by atoms with Gasteiger partial charge in [0.2, 0.25) is 0 Å². The molecule has 0 bridgehead atoms. The average Bonchev–Trinajstić information content (AvgIpc) is 2.53. The predicted molar refractivity (Wildman–Crippen MR) is 92.1 cm³/mol. The second kappa shape index (κ2) is 8.04. The van der Waals surface area contributed by atoms with Crippen LogP contribution in [0.5, 0.6) is 0 Å². The molecule has 0 spiro atoms. The lowest BCUT2D eigenvalue weighted by Gasteiger charge is -2.39. The van der Waals surface area contributed by atoms with E-state index in [9.17, 15) is 20.6 Å². The highest BCUT2D eigenvalue weighted by Crippen LogP contribution is 2.49. The third-order valence-corrected chi connectivity index (χ3v) is 5.01. The van der Waals surface area contributed by atoms with Crippen LogP contribution in [0.2, 0.25) is 0 Å². The molecule has 0 aromatic heterocycles. The molecule has 0 N–H and O–H groups in total. The summed E-state index contributed by atoms with van der Waals surface area (Å²) >= 11 is 1.30. The molecule has 5 nitrogen and oxygen atoms in total. The summed E-state index contributed by atoms with van der Waals surface area (Å²) in [6.07, 6.45) is 3.19. The van der Waals surface area contributed by atoms with Crippen molar-refractivity contribution in [2.75, 3.05) is 13.4 Å².